The van der Waals surface area contributed by atoms with Gasteiger partial charge in [-0.3, -0.25) is 0 Å². The topological polar surface area (TPSA) is 36.7 Å². The van der Waals surface area contributed by atoms with Gasteiger partial charge in [-0.2, -0.15) is 18.4 Å². The molecule has 84 valence electrons. The number of nitriles is 1. The average Bonchev–Trinajstić information content (AvgIpc) is 2.97. The van der Waals surface area contributed by atoms with Gasteiger partial charge in [0, 0.05) is 4.47 Å². The standard InChI is InChI=1S/C10H6BrF3N2/c11-6-1-2-7(10(12,13)14)16-8(6)9(5-15)3-4-9/h1-2H,3-4H2. The molecule has 0 aliphatic heterocycles. The molecule has 16 heavy (non-hydrogen) atoms. The maximum absolute atomic E-state index is 12.5. The van der Waals surface area contributed by atoms with Gasteiger partial charge < -0.3 is 0 Å². The predicted molar refractivity (Wildman–Crippen MR) is 53.5 cm³/mol. The predicted octanol–water partition coefficient (Wildman–Crippen LogP) is 3.42. The molecule has 1 aromatic heterocycles. The highest BCUT2D eigenvalue weighted by Gasteiger charge is 2.48. The molecule has 1 heterocycles. The average molecular weight is 291 g/mol. The van der Waals surface area contributed by atoms with Crippen molar-refractivity contribution in [2.45, 2.75) is 24.4 Å². The van der Waals surface area contributed by atoms with Crippen LogP contribution in [-0.4, -0.2) is 4.98 Å². The van der Waals surface area contributed by atoms with Crippen LogP contribution in [0, 0.1) is 11.3 Å². The number of hydrogen-bond acceptors (Lipinski definition) is 2. The van der Waals surface area contributed by atoms with Crippen molar-refractivity contribution in [3.05, 3.63) is 28.0 Å². The Morgan fingerprint density at radius 3 is 2.44 bits per heavy atom. The number of rotatable bonds is 1. The summed E-state index contributed by atoms with van der Waals surface area (Å²) in [7, 11) is 0. The Kier molecular flexibility index (Phi) is 2.46. The lowest BCUT2D eigenvalue weighted by molar-refractivity contribution is -0.141. The van der Waals surface area contributed by atoms with Crippen LogP contribution in [0.15, 0.2) is 16.6 Å². The molecule has 1 saturated carbocycles. The molecule has 0 aromatic carbocycles. The van der Waals surface area contributed by atoms with Gasteiger partial charge in [-0.05, 0) is 40.9 Å². The zero-order valence-electron chi connectivity index (χ0n) is 7.98. The molecular weight excluding hydrogens is 285 g/mol. The zero-order chi connectivity index (χ0) is 12.0. The zero-order valence-corrected chi connectivity index (χ0v) is 9.56. The molecule has 1 aliphatic rings. The highest BCUT2D eigenvalue weighted by molar-refractivity contribution is 9.10. The van der Waals surface area contributed by atoms with Crippen LogP contribution in [0.3, 0.4) is 0 Å². The van der Waals surface area contributed by atoms with E-state index in [0.29, 0.717) is 17.3 Å². The molecule has 0 amide bonds. The number of nitrogens with zero attached hydrogens (tertiary/aromatic N) is 2. The monoisotopic (exact) mass is 290 g/mol. The first-order valence-corrected chi connectivity index (χ1v) is 5.34. The van der Waals surface area contributed by atoms with Gasteiger partial charge >= 0.3 is 6.18 Å². The van der Waals surface area contributed by atoms with Crippen molar-refractivity contribution in [1.29, 1.82) is 5.26 Å². The van der Waals surface area contributed by atoms with E-state index in [1.807, 2.05) is 6.07 Å². The Labute approximate surface area is 98.2 Å². The van der Waals surface area contributed by atoms with Crippen molar-refractivity contribution in [3.63, 3.8) is 0 Å². The summed E-state index contributed by atoms with van der Waals surface area (Å²) in [6.45, 7) is 0. The molecular formula is C10H6BrF3N2. The molecule has 0 unspecified atom stereocenters. The van der Waals surface area contributed by atoms with E-state index in [0.717, 1.165) is 6.07 Å². The summed E-state index contributed by atoms with van der Waals surface area (Å²) < 4.78 is 37.8. The molecule has 1 aliphatic carbocycles. The number of alkyl halides is 3. The summed E-state index contributed by atoms with van der Waals surface area (Å²) in [5.74, 6) is 0. The van der Waals surface area contributed by atoms with E-state index >= 15 is 0 Å². The molecule has 0 bridgehead atoms. The molecule has 1 fully saturated rings. The first-order chi connectivity index (χ1) is 7.39. The molecule has 0 radical (unpaired) electrons. The maximum Gasteiger partial charge on any atom is 0.433 e. The van der Waals surface area contributed by atoms with Crippen molar-refractivity contribution in [2.75, 3.05) is 0 Å². The fourth-order valence-electron chi connectivity index (χ4n) is 1.46. The minimum atomic E-state index is -4.47. The van der Waals surface area contributed by atoms with Crippen LogP contribution < -0.4 is 0 Å². The van der Waals surface area contributed by atoms with Gasteiger partial charge in [-0.15, -0.1) is 0 Å². The Morgan fingerprint density at radius 2 is 2.00 bits per heavy atom. The van der Waals surface area contributed by atoms with E-state index < -0.39 is 17.3 Å². The van der Waals surface area contributed by atoms with Crippen molar-refractivity contribution in [3.8, 4) is 6.07 Å². The third-order valence-corrected chi connectivity index (χ3v) is 3.19. The Morgan fingerprint density at radius 1 is 1.38 bits per heavy atom. The molecule has 0 saturated heterocycles. The van der Waals surface area contributed by atoms with E-state index in [4.69, 9.17) is 5.26 Å². The summed E-state index contributed by atoms with van der Waals surface area (Å²) in [5, 5.41) is 8.94. The van der Waals surface area contributed by atoms with E-state index in [1.165, 1.54) is 6.07 Å². The second-order valence-corrected chi connectivity index (χ2v) is 4.57. The summed E-state index contributed by atoms with van der Waals surface area (Å²) >= 11 is 3.13. The fraction of sp³-hybridized carbons (Fsp3) is 0.400. The van der Waals surface area contributed by atoms with Crippen molar-refractivity contribution in [2.24, 2.45) is 0 Å². The minimum Gasteiger partial charge on any atom is -0.245 e. The first-order valence-electron chi connectivity index (χ1n) is 4.54. The van der Waals surface area contributed by atoms with Gasteiger partial charge in [-0.1, -0.05) is 0 Å². The Bertz CT molecular complexity index is 472. The highest BCUT2D eigenvalue weighted by atomic mass is 79.9. The largest absolute Gasteiger partial charge is 0.433 e. The number of halogens is 4. The molecule has 0 atom stereocenters. The number of aromatic nitrogens is 1. The van der Waals surface area contributed by atoms with Crippen molar-refractivity contribution >= 4 is 15.9 Å². The van der Waals surface area contributed by atoms with Crippen molar-refractivity contribution in [1.82, 2.24) is 4.98 Å². The van der Waals surface area contributed by atoms with Gasteiger partial charge in [-0.25, -0.2) is 4.98 Å². The van der Waals surface area contributed by atoms with E-state index in [9.17, 15) is 13.2 Å². The van der Waals surface area contributed by atoms with Crippen LogP contribution in [-0.2, 0) is 11.6 Å². The smallest absolute Gasteiger partial charge is 0.245 e. The van der Waals surface area contributed by atoms with Crippen LogP contribution in [0.4, 0.5) is 13.2 Å². The SMILES string of the molecule is N#CC1(c2nc(C(F)(F)F)ccc2Br)CC1. The van der Waals surface area contributed by atoms with Crippen molar-refractivity contribution < 1.29 is 13.2 Å². The summed E-state index contributed by atoms with van der Waals surface area (Å²) in [6, 6.07) is 4.23. The third-order valence-electron chi connectivity index (χ3n) is 2.55. The quantitative estimate of drug-likeness (QED) is 0.795. The normalized spacial score (nSPS) is 17.9. The maximum atomic E-state index is 12.5. The minimum absolute atomic E-state index is 0.199. The molecule has 0 spiro atoms. The molecule has 1 aromatic rings. The molecule has 6 heteroatoms. The van der Waals surface area contributed by atoms with Crippen LogP contribution in [0.25, 0.3) is 0 Å². The number of pyridine rings is 1. The van der Waals surface area contributed by atoms with E-state index in [2.05, 4.69) is 20.9 Å². The lowest BCUT2D eigenvalue weighted by Gasteiger charge is -2.11. The van der Waals surface area contributed by atoms with Crippen LogP contribution in [0.2, 0.25) is 0 Å². The molecule has 2 rings (SSSR count). The van der Waals surface area contributed by atoms with E-state index in [-0.39, 0.29) is 5.69 Å². The van der Waals surface area contributed by atoms with Gasteiger partial charge in [0.25, 0.3) is 0 Å². The second-order valence-electron chi connectivity index (χ2n) is 3.72. The first kappa shape index (κ1) is 11.4. The van der Waals surface area contributed by atoms with Crippen LogP contribution in [0.1, 0.15) is 24.2 Å². The summed E-state index contributed by atoms with van der Waals surface area (Å²) in [4.78, 5) is 3.55. The Balaban J connectivity index is 2.51. The highest BCUT2D eigenvalue weighted by Crippen LogP contribution is 2.49. The lowest BCUT2D eigenvalue weighted by atomic mass is 10.0. The molecule has 2 nitrogen and oxygen atoms in total. The third kappa shape index (κ3) is 1.80. The van der Waals surface area contributed by atoms with Gasteiger partial charge in [0.2, 0.25) is 0 Å². The fourth-order valence-corrected chi connectivity index (χ4v) is 2.06. The number of hydrogen-bond donors (Lipinski definition) is 0. The summed E-state index contributed by atoms with van der Waals surface area (Å²) in [6.07, 6.45) is -3.34. The van der Waals surface area contributed by atoms with Gasteiger partial charge in [0.1, 0.15) is 11.1 Å². The van der Waals surface area contributed by atoms with Gasteiger partial charge in [0.15, 0.2) is 0 Å². The van der Waals surface area contributed by atoms with Gasteiger partial charge in [0.05, 0.1) is 11.8 Å². The second kappa shape index (κ2) is 3.45. The van der Waals surface area contributed by atoms with Crippen LogP contribution >= 0.6 is 15.9 Å². The lowest BCUT2D eigenvalue weighted by Crippen LogP contribution is -2.14. The van der Waals surface area contributed by atoms with Crippen LogP contribution in [0.5, 0.6) is 0 Å². The van der Waals surface area contributed by atoms with E-state index in [1.54, 1.807) is 0 Å². The summed E-state index contributed by atoms with van der Waals surface area (Å²) in [5.41, 5.74) is -1.57. The Hall–Kier alpha value is -1.09. The molecule has 0 N–H and O–H groups in total.